The lowest BCUT2D eigenvalue weighted by Gasteiger charge is -2.26. The van der Waals surface area contributed by atoms with Crippen molar-refractivity contribution in [3.8, 4) is 11.4 Å². The van der Waals surface area contributed by atoms with Crippen molar-refractivity contribution in [1.82, 2.24) is 30.0 Å². The number of ether oxygens (including phenoxy) is 2. The maximum Gasteiger partial charge on any atom is 0.225 e. The van der Waals surface area contributed by atoms with Crippen LogP contribution in [0.15, 0.2) is 35.0 Å². The van der Waals surface area contributed by atoms with Crippen molar-refractivity contribution in [3.05, 3.63) is 46.3 Å². The number of thiophene rings is 1. The van der Waals surface area contributed by atoms with Crippen LogP contribution >= 0.6 is 11.3 Å². The van der Waals surface area contributed by atoms with E-state index in [4.69, 9.17) is 24.4 Å². The number of aromatic nitrogens is 5. The van der Waals surface area contributed by atoms with Crippen molar-refractivity contribution in [3.63, 3.8) is 0 Å². The third kappa shape index (κ3) is 7.82. The molecule has 0 aromatic carbocycles. The number of pyridine rings is 1. The Hall–Kier alpha value is -2.90. The Morgan fingerprint density at radius 2 is 1.97 bits per heavy atom. The van der Waals surface area contributed by atoms with Crippen LogP contribution in [0.3, 0.4) is 0 Å². The highest BCUT2D eigenvalue weighted by atomic mass is 32.1. The number of H-pyrrole nitrogens is 1. The number of anilines is 2. The number of rotatable bonds is 13. The van der Waals surface area contributed by atoms with Gasteiger partial charge < -0.3 is 20.1 Å². The average Bonchev–Trinajstić information content (AvgIpc) is 3.60. The molecule has 1 aliphatic rings. The third-order valence-electron chi connectivity index (χ3n) is 6.60. The Balaban J connectivity index is 1.36. The van der Waals surface area contributed by atoms with Crippen LogP contribution in [0.5, 0.6) is 0 Å². The van der Waals surface area contributed by atoms with Crippen molar-refractivity contribution in [2.45, 2.75) is 38.8 Å². The first kappa shape index (κ1) is 27.7. The molecule has 5 rings (SSSR count). The fraction of sp³-hybridized carbons (Fsp3) is 0.481. The minimum absolute atomic E-state index is 0.393. The molecule has 0 spiro atoms. The molecule has 0 unspecified atom stereocenters. The highest BCUT2D eigenvalue weighted by Gasteiger charge is 2.19. The Morgan fingerprint density at radius 3 is 2.77 bits per heavy atom. The molecule has 0 bridgehead atoms. The predicted octanol–water partition coefficient (Wildman–Crippen LogP) is 4.69. The van der Waals surface area contributed by atoms with Crippen LogP contribution in [0.25, 0.3) is 22.4 Å². The Bertz CT molecular complexity index is 1340. The van der Waals surface area contributed by atoms with Crippen molar-refractivity contribution >= 4 is 42.2 Å². The summed E-state index contributed by atoms with van der Waals surface area (Å²) in [5.74, 6) is 1.37. The standard InChI is InChI=1S/C27H38N8O2SSi/c1-39(2,3)16-14-37-18-22-24-25(21-5-4-6-23(30-21)29-17-20-7-15-38-19-20)33-34-26(24)32-27(31-22)28-8-9-35-10-12-36-13-11-35/h4-7,15,19H,8-14,16-18H2,1-3H3,(H,29,30)(H2,28,31,32,33,34). The summed E-state index contributed by atoms with van der Waals surface area (Å²) >= 11 is 1.69. The summed E-state index contributed by atoms with van der Waals surface area (Å²) in [4.78, 5) is 16.9. The van der Waals surface area contributed by atoms with E-state index in [0.717, 1.165) is 80.3 Å². The van der Waals surface area contributed by atoms with Gasteiger partial charge in [0.2, 0.25) is 5.95 Å². The molecule has 12 heteroatoms. The molecule has 5 heterocycles. The maximum absolute atomic E-state index is 6.14. The molecule has 0 saturated carbocycles. The van der Waals surface area contributed by atoms with Gasteiger partial charge in [-0.1, -0.05) is 25.7 Å². The summed E-state index contributed by atoms with van der Waals surface area (Å²) in [6, 6.07) is 9.16. The summed E-state index contributed by atoms with van der Waals surface area (Å²) in [5.41, 5.74) is 4.24. The van der Waals surface area contributed by atoms with E-state index in [-0.39, 0.29) is 0 Å². The van der Waals surface area contributed by atoms with Crippen molar-refractivity contribution in [2.24, 2.45) is 0 Å². The van der Waals surface area contributed by atoms with Gasteiger partial charge in [0.1, 0.15) is 5.82 Å². The van der Waals surface area contributed by atoms with E-state index < -0.39 is 8.07 Å². The molecular weight excluding hydrogens is 529 g/mol. The third-order valence-corrected chi connectivity index (χ3v) is 9.03. The fourth-order valence-corrected chi connectivity index (χ4v) is 5.75. The monoisotopic (exact) mass is 566 g/mol. The first-order valence-corrected chi connectivity index (χ1v) is 18.2. The topological polar surface area (TPSA) is 113 Å². The molecule has 10 nitrogen and oxygen atoms in total. The summed E-state index contributed by atoms with van der Waals surface area (Å²) in [7, 11) is -1.20. The van der Waals surface area contributed by atoms with Crippen molar-refractivity contribution in [2.75, 3.05) is 56.6 Å². The molecule has 1 aliphatic heterocycles. The molecule has 1 fully saturated rings. The Labute approximate surface area is 234 Å². The van der Waals surface area contributed by atoms with E-state index in [1.165, 1.54) is 5.56 Å². The molecule has 0 atom stereocenters. The minimum Gasteiger partial charge on any atom is -0.379 e. The number of nitrogens with one attached hydrogen (secondary N) is 3. The number of aromatic amines is 1. The van der Waals surface area contributed by atoms with Crippen molar-refractivity contribution in [1.29, 1.82) is 0 Å². The first-order valence-electron chi connectivity index (χ1n) is 13.5. The number of fused-ring (bicyclic) bond motifs is 1. The fourth-order valence-electron chi connectivity index (χ4n) is 4.32. The van der Waals surface area contributed by atoms with Crippen LogP contribution < -0.4 is 10.6 Å². The van der Waals surface area contributed by atoms with Gasteiger partial charge in [-0.2, -0.15) is 21.4 Å². The largest absolute Gasteiger partial charge is 0.379 e. The highest BCUT2D eigenvalue weighted by molar-refractivity contribution is 7.07. The van der Waals surface area contributed by atoms with Gasteiger partial charge in [0.05, 0.1) is 42.3 Å². The van der Waals surface area contributed by atoms with E-state index in [1.807, 2.05) is 18.2 Å². The average molecular weight is 567 g/mol. The van der Waals surface area contributed by atoms with E-state index in [2.05, 4.69) is 62.2 Å². The molecule has 4 aromatic rings. The van der Waals surface area contributed by atoms with E-state index in [1.54, 1.807) is 11.3 Å². The highest BCUT2D eigenvalue weighted by Crippen LogP contribution is 2.29. The van der Waals surface area contributed by atoms with Gasteiger partial charge in [-0.15, -0.1) is 0 Å². The van der Waals surface area contributed by atoms with Gasteiger partial charge in [0, 0.05) is 47.4 Å². The molecule has 0 amide bonds. The first-order chi connectivity index (χ1) is 18.9. The molecule has 3 N–H and O–H groups in total. The zero-order valence-electron chi connectivity index (χ0n) is 23.0. The van der Waals surface area contributed by atoms with Gasteiger partial charge in [-0.25, -0.2) is 9.97 Å². The van der Waals surface area contributed by atoms with Crippen LogP contribution in [0.2, 0.25) is 25.7 Å². The molecule has 0 aliphatic carbocycles. The smallest absolute Gasteiger partial charge is 0.225 e. The lowest BCUT2D eigenvalue weighted by molar-refractivity contribution is 0.0398. The Kier molecular flexibility index (Phi) is 9.19. The van der Waals surface area contributed by atoms with Crippen LogP contribution in [0, 0.1) is 0 Å². The second-order valence-electron chi connectivity index (χ2n) is 10.9. The summed E-state index contributed by atoms with van der Waals surface area (Å²) in [5, 5.41) is 19.6. The molecular formula is C27H38N8O2SSi. The van der Waals surface area contributed by atoms with Crippen LogP contribution in [0.1, 0.15) is 11.3 Å². The zero-order chi connectivity index (χ0) is 27.1. The van der Waals surface area contributed by atoms with Crippen molar-refractivity contribution < 1.29 is 9.47 Å². The molecule has 208 valence electrons. The van der Waals surface area contributed by atoms with E-state index in [9.17, 15) is 0 Å². The summed E-state index contributed by atoms with van der Waals surface area (Å²) in [6.07, 6.45) is 0. The molecule has 1 saturated heterocycles. The van der Waals surface area contributed by atoms with Gasteiger partial charge in [0.15, 0.2) is 5.65 Å². The van der Waals surface area contributed by atoms with Crippen LogP contribution in [-0.2, 0) is 22.6 Å². The normalized spacial score (nSPS) is 14.6. The number of nitrogens with zero attached hydrogens (tertiary/aromatic N) is 5. The quantitative estimate of drug-likeness (QED) is 0.157. The van der Waals surface area contributed by atoms with Gasteiger partial charge in [0.25, 0.3) is 0 Å². The second-order valence-corrected chi connectivity index (χ2v) is 17.3. The van der Waals surface area contributed by atoms with Crippen LogP contribution in [-0.4, -0.2) is 84.1 Å². The number of hydrogen-bond donors (Lipinski definition) is 3. The van der Waals surface area contributed by atoms with Gasteiger partial charge in [-0.3, -0.25) is 10.00 Å². The van der Waals surface area contributed by atoms with Crippen LogP contribution in [0.4, 0.5) is 11.8 Å². The number of hydrogen-bond acceptors (Lipinski definition) is 10. The van der Waals surface area contributed by atoms with E-state index >= 15 is 0 Å². The molecule has 0 radical (unpaired) electrons. The van der Waals surface area contributed by atoms with Gasteiger partial charge in [-0.05, 0) is 40.6 Å². The lowest BCUT2D eigenvalue weighted by Crippen LogP contribution is -2.39. The lowest BCUT2D eigenvalue weighted by atomic mass is 10.1. The predicted molar refractivity (Wildman–Crippen MR) is 160 cm³/mol. The zero-order valence-corrected chi connectivity index (χ0v) is 24.8. The minimum atomic E-state index is -1.20. The van der Waals surface area contributed by atoms with Gasteiger partial charge >= 0.3 is 0 Å². The second kappa shape index (κ2) is 13.0. The Morgan fingerprint density at radius 1 is 1.10 bits per heavy atom. The summed E-state index contributed by atoms with van der Waals surface area (Å²) < 4.78 is 11.6. The molecule has 39 heavy (non-hydrogen) atoms. The SMILES string of the molecule is C[Si](C)(C)CCOCc1nc(NCCN2CCOCC2)nc2n[nH]c(-c3cccc(NCc4ccsc4)n3)c12. The summed E-state index contributed by atoms with van der Waals surface area (Å²) in [6.45, 7) is 14.0. The molecule has 4 aromatic heterocycles. The van der Waals surface area contributed by atoms with E-state index in [0.29, 0.717) is 24.8 Å². The number of morpholine rings is 1. The maximum atomic E-state index is 6.14.